The quantitative estimate of drug-likeness (QED) is 0.895. The first-order valence-corrected chi connectivity index (χ1v) is 6.72. The summed E-state index contributed by atoms with van der Waals surface area (Å²) < 4.78 is 27.4. The minimum absolute atomic E-state index is 0.309. The number of halogens is 3. The average Bonchev–Trinajstić information content (AvgIpc) is 2.35. The molecule has 2 N–H and O–H groups in total. The number of hydrogen-bond donors (Lipinski definition) is 1. The van der Waals surface area contributed by atoms with Gasteiger partial charge in [-0.05, 0) is 37.1 Å². The Morgan fingerprint density at radius 2 is 1.89 bits per heavy atom. The minimum atomic E-state index is -0.457. The van der Waals surface area contributed by atoms with E-state index in [4.69, 9.17) is 5.73 Å². The van der Waals surface area contributed by atoms with Gasteiger partial charge < -0.3 is 5.73 Å². The SMILES string of the molecule is Cc1ccc(F)c(C(N)Cc2ccc(F)cc2Br)c1. The molecule has 0 aromatic heterocycles. The Bertz CT molecular complexity index is 599. The molecule has 4 heteroatoms. The maximum Gasteiger partial charge on any atom is 0.128 e. The zero-order chi connectivity index (χ0) is 14.0. The lowest BCUT2D eigenvalue weighted by molar-refractivity contribution is 0.578. The van der Waals surface area contributed by atoms with E-state index in [1.807, 2.05) is 6.92 Å². The molecule has 1 nitrogen and oxygen atoms in total. The van der Waals surface area contributed by atoms with Gasteiger partial charge >= 0.3 is 0 Å². The van der Waals surface area contributed by atoms with Gasteiger partial charge in [-0.25, -0.2) is 8.78 Å². The summed E-state index contributed by atoms with van der Waals surface area (Å²) in [5.74, 6) is -0.623. The van der Waals surface area contributed by atoms with Crippen LogP contribution in [0.15, 0.2) is 40.9 Å². The van der Waals surface area contributed by atoms with Crippen molar-refractivity contribution < 1.29 is 8.78 Å². The van der Waals surface area contributed by atoms with Crippen LogP contribution in [0.4, 0.5) is 8.78 Å². The lowest BCUT2D eigenvalue weighted by Crippen LogP contribution is -2.15. The van der Waals surface area contributed by atoms with Crippen molar-refractivity contribution in [3.63, 3.8) is 0 Å². The third-order valence-electron chi connectivity index (χ3n) is 3.01. The van der Waals surface area contributed by atoms with E-state index >= 15 is 0 Å². The molecule has 0 spiro atoms. The molecule has 0 bridgehead atoms. The number of rotatable bonds is 3. The van der Waals surface area contributed by atoms with Crippen LogP contribution in [0.25, 0.3) is 0 Å². The highest BCUT2D eigenvalue weighted by molar-refractivity contribution is 9.10. The van der Waals surface area contributed by atoms with E-state index in [1.165, 1.54) is 18.2 Å². The first kappa shape index (κ1) is 14.2. The highest BCUT2D eigenvalue weighted by atomic mass is 79.9. The van der Waals surface area contributed by atoms with Crippen molar-refractivity contribution in [3.05, 3.63) is 69.2 Å². The predicted octanol–water partition coefficient (Wildman–Crippen LogP) is 4.28. The molecule has 0 aliphatic heterocycles. The topological polar surface area (TPSA) is 26.0 Å². The number of benzene rings is 2. The van der Waals surface area contributed by atoms with Crippen molar-refractivity contribution in [1.82, 2.24) is 0 Å². The lowest BCUT2D eigenvalue weighted by atomic mass is 9.98. The summed E-state index contributed by atoms with van der Waals surface area (Å²) in [6.07, 6.45) is 0.446. The van der Waals surface area contributed by atoms with Crippen LogP contribution in [0.5, 0.6) is 0 Å². The first-order chi connectivity index (χ1) is 8.97. The fourth-order valence-corrected chi connectivity index (χ4v) is 2.49. The van der Waals surface area contributed by atoms with Crippen molar-refractivity contribution in [2.24, 2.45) is 5.73 Å². The molecular formula is C15H14BrF2N. The monoisotopic (exact) mass is 325 g/mol. The van der Waals surface area contributed by atoms with Crippen molar-refractivity contribution in [2.45, 2.75) is 19.4 Å². The summed E-state index contributed by atoms with van der Waals surface area (Å²) in [5, 5.41) is 0. The Morgan fingerprint density at radius 3 is 2.58 bits per heavy atom. The van der Waals surface area contributed by atoms with Crippen molar-refractivity contribution in [3.8, 4) is 0 Å². The molecule has 0 aliphatic carbocycles. The second kappa shape index (κ2) is 5.80. The van der Waals surface area contributed by atoms with Crippen LogP contribution in [0.2, 0.25) is 0 Å². The van der Waals surface area contributed by atoms with Gasteiger partial charge in [0.15, 0.2) is 0 Å². The lowest BCUT2D eigenvalue weighted by Gasteiger charge is -2.15. The van der Waals surface area contributed by atoms with Crippen molar-refractivity contribution in [2.75, 3.05) is 0 Å². The van der Waals surface area contributed by atoms with Gasteiger partial charge in [-0.3, -0.25) is 0 Å². The molecule has 19 heavy (non-hydrogen) atoms. The molecule has 1 unspecified atom stereocenters. The normalized spacial score (nSPS) is 12.5. The van der Waals surface area contributed by atoms with Crippen LogP contribution >= 0.6 is 15.9 Å². The molecule has 0 saturated heterocycles. The molecule has 2 aromatic carbocycles. The van der Waals surface area contributed by atoms with E-state index in [0.717, 1.165) is 11.1 Å². The van der Waals surface area contributed by atoms with Gasteiger partial charge in [0.1, 0.15) is 11.6 Å². The van der Waals surface area contributed by atoms with E-state index in [0.29, 0.717) is 16.5 Å². The highest BCUT2D eigenvalue weighted by Gasteiger charge is 2.14. The third-order valence-corrected chi connectivity index (χ3v) is 3.74. The van der Waals surface area contributed by atoms with Gasteiger partial charge in [0.2, 0.25) is 0 Å². The second-order valence-corrected chi connectivity index (χ2v) is 5.43. The summed E-state index contributed by atoms with van der Waals surface area (Å²) in [4.78, 5) is 0. The molecule has 0 saturated carbocycles. The molecule has 0 radical (unpaired) electrons. The molecule has 1 atom stereocenters. The number of nitrogens with two attached hydrogens (primary N) is 1. The summed E-state index contributed by atoms with van der Waals surface area (Å²) in [6.45, 7) is 1.89. The van der Waals surface area contributed by atoms with Gasteiger partial charge in [-0.2, -0.15) is 0 Å². The molecule has 0 fully saturated rings. The van der Waals surface area contributed by atoms with E-state index in [2.05, 4.69) is 15.9 Å². The van der Waals surface area contributed by atoms with E-state index in [9.17, 15) is 8.78 Å². The van der Waals surface area contributed by atoms with Crippen LogP contribution in [0.1, 0.15) is 22.7 Å². The van der Waals surface area contributed by atoms with E-state index in [-0.39, 0.29) is 11.6 Å². The maximum atomic E-state index is 13.7. The Hall–Kier alpha value is -1.26. The summed E-state index contributed by atoms with van der Waals surface area (Å²) in [5.41, 5.74) is 8.35. The zero-order valence-corrected chi connectivity index (χ0v) is 12.0. The second-order valence-electron chi connectivity index (χ2n) is 4.57. The molecule has 0 aliphatic rings. The van der Waals surface area contributed by atoms with Crippen LogP contribution in [0.3, 0.4) is 0 Å². The van der Waals surface area contributed by atoms with Crippen LogP contribution in [-0.2, 0) is 6.42 Å². The Balaban J connectivity index is 2.25. The molecule has 2 aromatic rings. The van der Waals surface area contributed by atoms with E-state index < -0.39 is 6.04 Å². The van der Waals surface area contributed by atoms with Gasteiger partial charge in [-0.1, -0.05) is 39.7 Å². The largest absolute Gasteiger partial charge is 0.324 e. The van der Waals surface area contributed by atoms with Gasteiger partial charge in [0.05, 0.1) is 0 Å². The van der Waals surface area contributed by atoms with Gasteiger partial charge in [0.25, 0.3) is 0 Å². The fraction of sp³-hybridized carbons (Fsp3) is 0.200. The number of aryl methyl sites for hydroxylation is 1. The summed E-state index contributed by atoms with van der Waals surface area (Å²) in [6, 6.07) is 8.84. The Labute approximate surface area is 119 Å². The number of hydrogen-bond acceptors (Lipinski definition) is 1. The van der Waals surface area contributed by atoms with Crippen molar-refractivity contribution in [1.29, 1.82) is 0 Å². The molecule has 0 heterocycles. The standard InChI is InChI=1S/C15H14BrF2N/c1-9-2-5-14(18)12(6-9)15(19)7-10-3-4-11(17)8-13(10)16/h2-6,8,15H,7,19H2,1H3. The average molecular weight is 326 g/mol. The fourth-order valence-electron chi connectivity index (χ4n) is 1.98. The molecule has 0 amide bonds. The maximum absolute atomic E-state index is 13.7. The molecular weight excluding hydrogens is 312 g/mol. The van der Waals surface area contributed by atoms with E-state index in [1.54, 1.807) is 18.2 Å². The van der Waals surface area contributed by atoms with Crippen LogP contribution < -0.4 is 5.73 Å². The minimum Gasteiger partial charge on any atom is -0.324 e. The first-order valence-electron chi connectivity index (χ1n) is 5.93. The Kier molecular flexibility index (Phi) is 4.32. The molecule has 100 valence electrons. The smallest absolute Gasteiger partial charge is 0.128 e. The molecule has 2 rings (SSSR count). The summed E-state index contributed by atoms with van der Waals surface area (Å²) >= 11 is 3.29. The Morgan fingerprint density at radius 1 is 1.16 bits per heavy atom. The predicted molar refractivity (Wildman–Crippen MR) is 75.9 cm³/mol. The highest BCUT2D eigenvalue weighted by Crippen LogP contribution is 2.25. The summed E-state index contributed by atoms with van der Waals surface area (Å²) in [7, 11) is 0. The zero-order valence-electron chi connectivity index (χ0n) is 10.5. The van der Waals surface area contributed by atoms with Gasteiger partial charge in [-0.15, -0.1) is 0 Å². The van der Waals surface area contributed by atoms with Gasteiger partial charge in [0, 0.05) is 16.1 Å². The van der Waals surface area contributed by atoms with Crippen LogP contribution in [0, 0.1) is 18.6 Å². The van der Waals surface area contributed by atoms with Crippen molar-refractivity contribution >= 4 is 15.9 Å². The third kappa shape index (κ3) is 3.39. The van der Waals surface area contributed by atoms with Crippen LogP contribution in [-0.4, -0.2) is 0 Å².